The SMILES string of the molecule is O=S(=O)(NCCc1nn2cnnc2s1)c1ccc(Br)cc1. The molecule has 10 heteroatoms. The highest BCUT2D eigenvalue weighted by Crippen LogP contribution is 2.15. The third kappa shape index (κ3) is 3.28. The molecule has 21 heavy (non-hydrogen) atoms. The Balaban J connectivity index is 1.64. The minimum absolute atomic E-state index is 0.240. The second-order valence-corrected chi connectivity index (χ2v) is 7.88. The van der Waals surface area contributed by atoms with Gasteiger partial charge >= 0.3 is 0 Å². The van der Waals surface area contributed by atoms with Crippen LogP contribution in [0.25, 0.3) is 4.96 Å². The summed E-state index contributed by atoms with van der Waals surface area (Å²) in [5.74, 6) is 0. The van der Waals surface area contributed by atoms with E-state index in [1.807, 2.05) is 0 Å². The number of nitrogens with one attached hydrogen (secondary N) is 1. The van der Waals surface area contributed by atoms with Gasteiger partial charge in [-0.15, -0.1) is 10.2 Å². The van der Waals surface area contributed by atoms with Crippen molar-refractivity contribution in [1.82, 2.24) is 24.5 Å². The van der Waals surface area contributed by atoms with Crippen molar-refractivity contribution in [2.24, 2.45) is 0 Å². The maximum atomic E-state index is 12.1. The van der Waals surface area contributed by atoms with Gasteiger partial charge in [0.25, 0.3) is 0 Å². The number of hydrogen-bond acceptors (Lipinski definition) is 6. The average molecular weight is 388 g/mol. The minimum atomic E-state index is -3.49. The largest absolute Gasteiger partial charge is 0.240 e. The minimum Gasteiger partial charge on any atom is -0.211 e. The van der Waals surface area contributed by atoms with Gasteiger partial charge in [0.1, 0.15) is 11.3 Å². The summed E-state index contributed by atoms with van der Waals surface area (Å²) in [4.78, 5) is 0.935. The summed E-state index contributed by atoms with van der Waals surface area (Å²) in [7, 11) is -3.49. The van der Waals surface area contributed by atoms with Crippen LogP contribution in [0.3, 0.4) is 0 Å². The summed E-state index contributed by atoms with van der Waals surface area (Å²) in [6.07, 6.45) is 2.02. The predicted molar refractivity (Wildman–Crippen MR) is 81.7 cm³/mol. The van der Waals surface area contributed by atoms with Gasteiger partial charge in [0, 0.05) is 17.4 Å². The van der Waals surface area contributed by atoms with Crippen LogP contribution in [-0.4, -0.2) is 34.8 Å². The van der Waals surface area contributed by atoms with Gasteiger partial charge in [0.2, 0.25) is 15.0 Å². The third-order valence-electron chi connectivity index (χ3n) is 2.68. The second-order valence-electron chi connectivity index (χ2n) is 4.16. The van der Waals surface area contributed by atoms with Crippen molar-refractivity contribution in [2.75, 3.05) is 6.54 Å². The lowest BCUT2D eigenvalue weighted by Crippen LogP contribution is -2.25. The number of benzene rings is 1. The molecular weight excluding hydrogens is 378 g/mol. The molecule has 0 amide bonds. The van der Waals surface area contributed by atoms with Crippen molar-refractivity contribution < 1.29 is 8.42 Å². The van der Waals surface area contributed by atoms with Gasteiger partial charge in [-0.25, -0.2) is 13.1 Å². The number of nitrogens with zero attached hydrogens (tertiary/aromatic N) is 4. The zero-order valence-electron chi connectivity index (χ0n) is 10.6. The summed E-state index contributed by atoms with van der Waals surface area (Å²) in [5.41, 5.74) is 0. The van der Waals surface area contributed by atoms with Crippen LogP contribution >= 0.6 is 27.3 Å². The first-order valence-electron chi connectivity index (χ1n) is 5.95. The Hall–Kier alpha value is -1.36. The van der Waals surface area contributed by atoms with Crippen LogP contribution in [0.15, 0.2) is 40.0 Å². The highest BCUT2D eigenvalue weighted by molar-refractivity contribution is 9.10. The van der Waals surface area contributed by atoms with E-state index in [1.54, 1.807) is 28.8 Å². The summed E-state index contributed by atoms with van der Waals surface area (Å²) in [5, 5.41) is 12.6. The molecule has 2 aromatic heterocycles. The molecule has 110 valence electrons. The van der Waals surface area contributed by atoms with Crippen molar-refractivity contribution in [3.05, 3.63) is 40.1 Å². The molecule has 0 aliphatic heterocycles. The van der Waals surface area contributed by atoms with Crippen LogP contribution in [0.1, 0.15) is 5.01 Å². The average Bonchev–Trinajstić information content (AvgIpc) is 3.00. The summed E-state index contributed by atoms with van der Waals surface area (Å²) >= 11 is 4.66. The lowest BCUT2D eigenvalue weighted by molar-refractivity contribution is 0.581. The second kappa shape index (κ2) is 5.79. The van der Waals surface area contributed by atoms with Crippen molar-refractivity contribution >= 4 is 42.3 Å². The van der Waals surface area contributed by atoms with Gasteiger partial charge in [0.05, 0.1) is 4.90 Å². The highest BCUT2D eigenvalue weighted by Gasteiger charge is 2.13. The van der Waals surface area contributed by atoms with Gasteiger partial charge in [-0.1, -0.05) is 27.3 Å². The van der Waals surface area contributed by atoms with Gasteiger partial charge in [-0.2, -0.15) is 9.61 Å². The molecule has 3 rings (SSSR count). The normalized spacial score (nSPS) is 12.0. The molecule has 7 nitrogen and oxygen atoms in total. The predicted octanol–water partition coefficient (Wildman–Crippen LogP) is 1.47. The third-order valence-corrected chi connectivity index (χ3v) is 5.66. The molecule has 0 spiro atoms. The molecule has 0 aliphatic rings. The molecule has 0 atom stereocenters. The quantitative estimate of drug-likeness (QED) is 0.715. The molecule has 0 saturated carbocycles. The Morgan fingerprint density at radius 2 is 2.05 bits per heavy atom. The van der Waals surface area contributed by atoms with Crippen molar-refractivity contribution in [1.29, 1.82) is 0 Å². The Morgan fingerprint density at radius 3 is 2.76 bits per heavy atom. The Labute approximate surface area is 133 Å². The topological polar surface area (TPSA) is 89.2 Å². The highest BCUT2D eigenvalue weighted by atomic mass is 79.9. The van der Waals surface area contributed by atoms with Crippen LogP contribution in [0, 0.1) is 0 Å². The lowest BCUT2D eigenvalue weighted by atomic mass is 10.4. The first-order chi connectivity index (χ1) is 10.0. The van der Waals surface area contributed by atoms with E-state index in [0.717, 1.165) is 9.48 Å². The smallest absolute Gasteiger partial charge is 0.211 e. The van der Waals surface area contributed by atoms with Crippen molar-refractivity contribution in [2.45, 2.75) is 11.3 Å². The first-order valence-corrected chi connectivity index (χ1v) is 9.05. The van der Waals surface area contributed by atoms with Crippen LogP contribution in [0.4, 0.5) is 0 Å². The number of fused-ring (bicyclic) bond motifs is 1. The Bertz CT molecular complexity index is 828. The Morgan fingerprint density at radius 1 is 1.29 bits per heavy atom. The van der Waals surface area contributed by atoms with Crippen LogP contribution < -0.4 is 4.72 Å². The molecule has 0 unspecified atom stereocenters. The van der Waals surface area contributed by atoms with Gasteiger partial charge in [-0.05, 0) is 24.3 Å². The maximum absolute atomic E-state index is 12.1. The molecule has 0 aliphatic carbocycles. The summed E-state index contributed by atoms with van der Waals surface area (Å²) in [6, 6.07) is 6.49. The molecule has 0 radical (unpaired) electrons. The van der Waals surface area contributed by atoms with Gasteiger partial charge < -0.3 is 0 Å². The molecule has 1 N–H and O–H groups in total. The van der Waals surface area contributed by atoms with Crippen LogP contribution in [-0.2, 0) is 16.4 Å². The number of hydrogen-bond donors (Lipinski definition) is 1. The number of sulfonamides is 1. The fourth-order valence-electron chi connectivity index (χ4n) is 1.69. The summed E-state index contributed by atoms with van der Waals surface area (Å²) < 4.78 is 29.1. The van der Waals surface area contributed by atoms with Crippen molar-refractivity contribution in [3.63, 3.8) is 0 Å². The molecule has 0 saturated heterocycles. The standard InChI is InChI=1S/C11H10BrN5O2S2/c12-8-1-3-9(4-2-8)21(18,19)14-6-5-10-16-17-7-13-15-11(17)20-10/h1-4,7,14H,5-6H2. The zero-order valence-corrected chi connectivity index (χ0v) is 13.8. The van der Waals surface area contributed by atoms with Crippen LogP contribution in [0.2, 0.25) is 0 Å². The molecule has 3 aromatic rings. The van der Waals surface area contributed by atoms with E-state index < -0.39 is 10.0 Å². The van der Waals surface area contributed by atoms with E-state index in [2.05, 4.69) is 35.9 Å². The number of aromatic nitrogens is 4. The zero-order chi connectivity index (χ0) is 14.9. The van der Waals surface area contributed by atoms with Crippen molar-refractivity contribution in [3.8, 4) is 0 Å². The molecule has 2 heterocycles. The fourth-order valence-corrected chi connectivity index (χ4v) is 3.80. The van der Waals surface area contributed by atoms with E-state index in [-0.39, 0.29) is 11.4 Å². The van der Waals surface area contributed by atoms with Crippen LogP contribution in [0.5, 0.6) is 0 Å². The fraction of sp³-hybridized carbons (Fsp3) is 0.182. The summed E-state index contributed by atoms with van der Waals surface area (Å²) in [6.45, 7) is 0.280. The van der Waals surface area contributed by atoms with E-state index in [9.17, 15) is 8.42 Å². The number of halogens is 1. The molecule has 0 bridgehead atoms. The van der Waals surface area contributed by atoms with Gasteiger partial charge in [0.15, 0.2) is 0 Å². The van der Waals surface area contributed by atoms with E-state index >= 15 is 0 Å². The van der Waals surface area contributed by atoms with E-state index in [0.29, 0.717) is 11.4 Å². The number of rotatable bonds is 5. The van der Waals surface area contributed by atoms with Gasteiger partial charge in [-0.3, -0.25) is 0 Å². The first kappa shape index (κ1) is 14.6. The van der Waals surface area contributed by atoms with E-state index in [1.165, 1.54) is 17.7 Å². The Kier molecular flexibility index (Phi) is 4.02. The molecule has 0 fully saturated rings. The molecular formula is C11H10BrN5O2S2. The maximum Gasteiger partial charge on any atom is 0.240 e. The molecule has 1 aromatic carbocycles. The lowest BCUT2D eigenvalue weighted by Gasteiger charge is -2.05. The van der Waals surface area contributed by atoms with E-state index in [4.69, 9.17) is 0 Å². The monoisotopic (exact) mass is 387 g/mol.